The van der Waals surface area contributed by atoms with Gasteiger partial charge in [-0.2, -0.15) is 5.10 Å². The lowest BCUT2D eigenvalue weighted by Crippen LogP contribution is -2.11. The van der Waals surface area contributed by atoms with Crippen LogP contribution in [0.15, 0.2) is 18.0 Å². The molecule has 1 aliphatic heterocycles. The Morgan fingerprint density at radius 2 is 2.47 bits per heavy atom. The zero-order valence-corrected chi connectivity index (χ0v) is 8.68. The molecule has 15 heavy (non-hydrogen) atoms. The van der Waals surface area contributed by atoms with Crippen LogP contribution in [0.1, 0.15) is 24.5 Å². The Kier molecular flexibility index (Phi) is 2.64. The predicted molar refractivity (Wildman–Crippen MR) is 55.8 cm³/mol. The molecule has 0 fully saturated rings. The maximum absolute atomic E-state index is 10.0. The average Bonchev–Trinajstić information content (AvgIpc) is 2.60. The smallest absolute Gasteiger partial charge is 0.141 e. The van der Waals surface area contributed by atoms with Gasteiger partial charge in [0.15, 0.2) is 0 Å². The number of aliphatic hydroxyl groups excluding tert-OH is 1. The monoisotopic (exact) mass is 209 g/mol. The van der Waals surface area contributed by atoms with Crippen molar-refractivity contribution in [2.75, 3.05) is 12.3 Å². The molecule has 2 heterocycles. The van der Waals surface area contributed by atoms with Crippen LogP contribution < -0.4 is 5.73 Å². The van der Waals surface area contributed by atoms with E-state index in [-0.39, 0.29) is 0 Å². The van der Waals surface area contributed by atoms with Gasteiger partial charge in [0, 0.05) is 12.6 Å². The van der Waals surface area contributed by atoms with Crippen molar-refractivity contribution in [3.05, 3.63) is 23.6 Å². The molecule has 2 rings (SSSR count). The summed E-state index contributed by atoms with van der Waals surface area (Å²) in [6, 6.07) is 0. The van der Waals surface area contributed by atoms with Crippen LogP contribution in [0.2, 0.25) is 0 Å². The van der Waals surface area contributed by atoms with E-state index in [9.17, 15) is 5.11 Å². The third-order valence-corrected chi connectivity index (χ3v) is 2.54. The Bertz CT molecular complexity index is 384. The van der Waals surface area contributed by atoms with Crippen LogP contribution in [-0.4, -0.2) is 21.5 Å². The van der Waals surface area contributed by atoms with E-state index in [1.165, 1.54) is 4.68 Å². The molecule has 0 bridgehead atoms. The number of aryl methyl sites for hydroxylation is 1. The van der Waals surface area contributed by atoms with E-state index in [1.807, 2.05) is 6.08 Å². The minimum Gasteiger partial charge on any atom is -0.495 e. The van der Waals surface area contributed by atoms with Crippen molar-refractivity contribution in [2.45, 2.75) is 18.9 Å². The van der Waals surface area contributed by atoms with Crippen molar-refractivity contribution in [3.8, 4) is 0 Å². The standard InChI is InChI=1S/C10H15N3O2/c1-13-10(11)7(6-12-13)9(14)8-4-2-3-5-15-8/h4,6,9,14H,2-3,5,11H2,1H3. The second-order valence-corrected chi connectivity index (χ2v) is 3.61. The van der Waals surface area contributed by atoms with Gasteiger partial charge in [0.25, 0.3) is 0 Å². The van der Waals surface area contributed by atoms with Gasteiger partial charge in [-0.3, -0.25) is 4.68 Å². The van der Waals surface area contributed by atoms with Crippen molar-refractivity contribution in [1.82, 2.24) is 9.78 Å². The van der Waals surface area contributed by atoms with Crippen LogP contribution in [-0.2, 0) is 11.8 Å². The minimum atomic E-state index is -0.793. The molecule has 0 saturated carbocycles. The van der Waals surface area contributed by atoms with Gasteiger partial charge in [-0.05, 0) is 18.9 Å². The van der Waals surface area contributed by atoms with E-state index in [1.54, 1.807) is 13.2 Å². The molecule has 0 amide bonds. The molecule has 1 aromatic rings. The van der Waals surface area contributed by atoms with Crippen molar-refractivity contribution >= 4 is 5.82 Å². The highest BCUT2D eigenvalue weighted by Gasteiger charge is 2.21. The number of allylic oxidation sites excluding steroid dienone is 1. The van der Waals surface area contributed by atoms with Gasteiger partial charge >= 0.3 is 0 Å². The highest BCUT2D eigenvalue weighted by molar-refractivity contribution is 5.42. The molecule has 5 nitrogen and oxygen atoms in total. The molecule has 1 aliphatic rings. The van der Waals surface area contributed by atoms with E-state index < -0.39 is 6.10 Å². The zero-order valence-electron chi connectivity index (χ0n) is 8.68. The van der Waals surface area contributed by atoms with Crippen LogP contribution in [0.5, 0.6) is 0 Å². The highest BCUT2D eigenvalue weighted by Crippen LogP contribution is 2.28. The van der Waals surface area contributed by atoms with Gasteiger partial charge < -0.3 is 15.6 Å². The lowest BCUT2D eigenvalue weighted by atomic mass is 10.1. The number of anilines is 1. The Morgan fingerprint density at radius 1 is 1.67 bits per heavy atom. The molecule has 0 saturated heterocycles. The summed E-state index contributed by atoms with van der Waals surface area (Å²) in [6.45, 7) is 0.656. The molecule has 0 aliphatic carbocycles. The van der Waals surface area contributed by atoms with E-state index in [2.05, 4.69) is 5.10 Å². The number of rotatable bonds is 2. The van der Waals surface area contributed by atoms with Crippen LogP contribution in [0.3, 0.4) is 0 Å². The van der Waals surface area contributed by atoms with Crippen molar-refractivity contribution in [2.24, 2.45) is 7.05 Å². The number of aromatic nitrogens is 2. The number of nitrogens with two attached hydrogens (primary N) is 1. The fourth-order valence-electron chi connectivity index (χ4n) is 1.60. The van der Waals surface area contributed by atoms with Gasteiger partial charge in [-0.25, -0.2) is 0 Å². The molecule has 0 radical (unpaired) electrons. The average molecular weight is 209 g/mol. The Balaban J connectivity index is 2.23. The summed E-state index contributed by atoms with van der Waals surface area (Å²) in [4.78, 5) is 0. The highest BCUT2D eigenvalue weighted by atomic mass is 16.5. The SMILES string of the molecule is Cn1ncc(C(O)C2=CCCCO2)c1N. The number of nitrogen functional groups attached to an aromatic ring is 1. The molecule has 1 aromatic heterocycles. The number of ether oxygens (including phenoxy) is 1. The van der Waals surface area contributed by atoms with Crippen LogP contribution >= 0.6 is 0 Å². The van der Waals surface area contributed by atoms with E-state index in [4.69, 9.17) is 10.5 Å². The Morgan fingerprint density at radius 3 is 3.00 bits per heavy atom. The first-order chi connectivity index (χ1) is 7.20. The van der Waals surface area contributed by atoms with Crippen molar-refractivity contribution in [3.63, 3.8) is 0 Å². The van der Waals surface area contributed by atoms with Gasteiger partial charge in [-0.15, -0.1) is 0 Å². The van der Waals surface area contributed by atoms with Gasteiger partial charge in [-0.1, -0.05) is 0 Å². The largest absolute Gasteiger partial charge is 0.495 e. The van der Waals surface area contributed by atoms with Crippen molar-refractivity contribution in [1.29, 1.82) is 0 Å². The zero-order chi connectivity index (χ0) is 10.8. The topological polar surface area (TPSA) is 73.3 Å². The van der Waals surface area contributed by atoms with Gasteiger partial charge in [0.05, 0.1) is 12.8 Å². The second-order valence-electron chi connectivity index (χ2n) is 3.61. The normalized spacial score (nSPS) is 18.1. The predicted octanol–water partition coefficient (Wildman–Crippen LogP) is 0.730. The summed E-state index contributed by atoms with van der Waals surface area (Å²) in [5.74, 6) is 1.05. The van der Waals surface area contributed by atoms with E-state index in [0.717, 1.165) is 12.8 Å². The first-order valence-corrected chi connectivity index (χ1v) is 4.98. The first kappa shape index (κ1) is 10.0. The summed E-state index contributed by atoms with van der Waals surface area (Å²) < 4.78 is 6.91. The summed E-state index contributed by atoms with van der Waals surface area (Å²) >= 11 is 0. The maximum Gasteiger partial charge on any atom is 0.141 e. The molecular weight excluding hydrogens is 194 g/mol. The maximum atomic E-state index is 10.0. The molecular formula is C10H15N3O2. The second kappa shape index (κ2) is 3.94. The third kappa shape index (κ3) is 1.83. The van der Waals surface area contributed by atoms with Gasteiger partial charge in [0.1, 0.15) is 17.7 Å². The first-order valence-electron chi connectivity index (χ1n) is 4.98. The summed E-state index contributed by atoms with van der Waals surface area (Å²) in [7, 11) is 1.74. The van der Waals surface area contributed by atoms with Crippen molar-refractivity contribution < 1.29 is 9.84 Å². The molecule has 1 atom stereocenters. The summed E-state index contributed by atoms with van der Waals surface area (Å²) in [6.07, 6.45) is 4.61. The fourth-order valence-corrected chi connectivity index (χ4v) is 1.60. The number of hydrogen-bond donors (Lipinski definition) is 2. The molecule has 0 spiro atoms. The van der Waals surface area contributed by atoms with Gasteiger partial charge in [0.2, 0.25) is 0 Å². The minimum absolute atomic E-state index is 0.470. The lowest BCUT2D eigenvalue weighted by Gasteiger charge is -2.19. The van der Waals surface area contributed by atoms with Crippen LogP contribution in [0, 0.1) is 0 Å². The lowest BCUT2D eigenvalue weighted by molar-refractivity contribution is 0.0921. The number of hydrogen-bond acceptors (Lipinski definition) is 4. The fraction of sp³-hybridized carbons (Fsp3) is 0.500. The molecule has 82 valence electrons. The summed E-state index contributed by atoms with van der Waals surface area (Å²) in [5.41, 5.74) is 6.37. The third-order valence-electron chi connectivity index (χ3n) is 2.54. The summed E-state index contributed by atoms with van der Waals surface area (Å²) in [5, 5.41) is 14.0. The van der Waals surface area contributed by atoms with Crippen LogP contribution in [0.25, 0.3) is 0 Å². The quantitative estimate of drug-likeness (QED) is 0.753. The van der Waals surface area contributed by atoms with E-state index >= 15 is 0 Å². The molecule has 5 heteroatoms. The Hall–Kier alpha value is -1.49. The van der Waals surface area contributed by atoms with Crippen LogP contribution in [0.4, 0.5) is 5.82 Å². The number of nitrogens with zero attached hydrogens (tertiary/aromatic N) is 2. The Labute approximate surface area is 88.1 Å². The molecule has 0 aromatic carbocycles. The van der Waals surface area contributed by atoms with E-state index in [0.29, 0.717) is 23.7 Å². The molecule has 3 N–H and O–H groups in total. The number of aliphatic hydroxyl groups is 1. The molecule has 1 unspecified atom stereocenters.